The average Bonchev–Trinajstić information content (AvgIpc) is 2.98. The van der Waals surface area contributed by atoms with Gasteiger partial charge in [-0.1, -0.05) is 32.6 Å². The van der Waals surface area contributed by atoms with Crippen molar-refractivity contribution in [3.05, 3.63) is 12.2 Å². The van der Waals surface area contributed by atoms with Gasteiger partial charge in [-0.25, -0.2) is 4.98 Å². The lowest BCUT2D eigenvalue weighted by Gasteiger charge is -2.07. The Morgan fingerprint density at radius 1 is 1.41 bits per heavy atom. The van der Waals surface area contributed by atoms with Crippen molar-refractivity contribution in [2.45, 2.75) is 58.5 Å². The molecule has 2 rings (SSSR count). The summed E-state index contributed by atoms with van der Waals surface area (Å²) in [7, 11) is 0. The smallest absolute Gasteiger partial charge is 0.164 e. The van der Waals surface area contributed by atoms with E-state index >= 15 is 0 Å². The van der Waals surface area contributed by atoms with Crippen LogP contribution in [0.4, 0.5) is 0 Å². The molecular weight excluding hydrogens is 212 g/mol. The van der Waals surface area contributed by atoms with Crippen LogP contribution in [-0.4, -0.2) is 21.3 Å². The van der Waals surface area contributed by atoms with E-state index in [1.807, 2.05) is 11.0 Å². The monoisotopic (exact) mass is 236 g/mol. The van der Waals surface area contributed by atoms with Crippen LogP contribution in [-0.2, 0) is 13.1 Å². The fourth-order valence-electron chi connectivity index (χ4n) is 2.51. The third-order valence-electron chi connectivity index (χ3n) is 3.54. The summed E-state index contributed by atoms with van der Waals surface area (Å²) in [5, 5.41) is 7.81. The summed E-state index contributed by atoms with van der Waals surface area (Å²) in [6.07, 6.45) is 9.98. The molecule has 0 aromatic carbocycles. The van der Waals surface area contributed by atoms with Gasteiger partial charge in [-0.05, 0) is 25.3 Å². The van der Waals surface area contributed by atoms with Crippen molar-refractivity contribution in [2.24, 2.45) is 5.92 Å². The van der Waals surface area contributed by atoms with Crippen molar-refractivity contribution in [2.75, 3.05) is 6.54 Å². The third kappa shape index (κ3) is 4.11. The first-order chi connectivity index (χ1) is 8.38. The molecular formula is C13H24N4. The fourth-order valence-corrected chi connectivity index (χ4v) is 2.51. The predicted octanol–water partition coefficient (Wildman–Crippen LogP) is 2.36. The van der Waals surface area contributed by atoms with Crippen molar-refractivity contribution in [3.63, 3.8) is 0 Å². The molecule has 1 aromatic rings. The lowest BCUT2D eigenvalue weighted by Crippen LogP contribution is -2.15. The number of hydrogen-bond donors (Lipinski definition) is 1. The van der Waals surface area contributed by atoms with Gasteiger partial charge in [0.05, 0.1) is 6.54 Å². The summed E-state index contributed by atoms with van der Waals surface area (Å²) in [6, 6.07) is 0. The first-order valence-corrected chi connectivity index (χ1v) is 6.97. The second-order valence-corrected chi connectivity index (χ2v) is 5.04. The Bertz CT molecular complexity index is 315. The highest BCUT2D eigenvalue weighted by atomic mass is 15.3. The van der Waals surface area contributed by atoms with E-state index in [2.05, 4.69) is 22.3 Å². The average molecular weight is 236 g/mol. The van der Waals surface area contributed by atoms with Crippen molar-refractivity contribution < 1.29 is 0 Å². The molecule has 0 atom stereocenters. The quantitative estimate of drug-likeness (QED) is 0.739. The lowest BCUT2D eigenvalue weighted by molar-refractivity contribution is 0.437. The van der Waals surface area contributed by atoms with E-state index < -0.39 is 0 Å². The standard InChI is InChI=1S/C13H24N4/c1-2-8-14-10-13-15-11-17(16-13)9-7-12-5-3-4-6-12/h11-12,14H,2-10H2,1H3. The molecule has 1 saturated carbocycles. The molecule has 1 aliphatic carbocycles. The van der Waals surface area contributed by atoms with E-state index in [1.165, 1.54) is 32.1 Å². The topological polar surface area (TPSA) is 42.7 Å². The molecule has 0 unspecified atom stereocenters. The normalized spacial score (nSPS) is 16.8. The molecule has 96 valence electrons. The van der Waals surface area contributed by atoms with Crippen molar-refractivity contribution in [3.8, 4) is 0 Å². The van der Waals surface area contributed by atoms with E-state index in [9.17, 15) is 0 Å². The van der Waals surface area contributed by atoms with Crippen LogP contribution in [0.25, 0.3) is 0 Å². The minimum absolute atomic E-state index is 0.796. The van der Waals surface area contributed by atoms with Gasteiger partial charge in [-0.15, -0.1) is 0 Å². The highest BCUT2D eigenvalue weighted by molar-refractivity contribution is 4.81. The maximum Gasteiger partial charge on any atom is 0.164 e. The Morgan fingerprint density at radius 2 is 2.24 bits per heavy atom. The molecule has 1 N–H and O–H groups in total. The van der Waals surface area contributed by atoms with Gasteiger partial charge in [0.15, 0.2) is 5.82 Å². The summed E-state index contributed by atoms with van der Waals surface area (Å²) >= 11 is 0. The molecule has 0 saturated heterocycles. The van der Waals surface area contributed by atoms with Gasteiger partial charge in [-0.2, -0.15) is 5.10 Å². The van der Waals surface area contributed by atoms with Crippen LogP contribution in [0.3, 0.4) is 0 Å². The van der Waals surface area contributed by atoms with E-state index in [0.717, 1.165) is 37.8 Å². The molecule has 4 heteroatoms. The highest BCUT2D eigenvalue weighted by Crippen LogP contribution is 2.27. The number of hydrogen-bond acceptors (Lipinski definition) is 3. The Kier molecular flexibility index (Phi) is 4.98. The van der Waals surface area contributed by atoms with Gasteiger partial charge in [0.25, 0.3) is 0 Å². The molecule has 1 heterocycles. The lowest BCUT2D eigenvalue weighted by atomic mass is 10.0. The largest absolute Gasteiger partial charge is 0.310 e. The van der Waals surface area contributed by atoms with Gasteiger partial charge < -0.3 is 5.32 Å². The van der Waals surface area contributed by atoms with Crippen molar-refractivity contribution >= 4 is 0 Å². The summed E-state index contributed by atoms with van der Waals surface area (Å²) < 4.78 is 2.00. The van der Waals surface area contributed by atoms with Gasteiger partial charge in [0.2, 0.25) is 0 Å². The van der Waals surface area contributed by atoms with E-state index in [0.29, 0.717) is 0 Å². The zero-order valence-corrected chi connectivity index (χ0v) is 10.9. The number of aryl methyl sites for hydroxylation is 1. The SMILES string of the molecule is CCCNCc1ncn(CCC2CCCC2)n1. The van der Waals surface area contributed by atoms with Gasteiger partial charge in [0, 0.05) is 6.54 Å². The molecule has 1 aromatic heterocycles. The van der Waals surface area contributed by atoms with Crippen LogP contribution in [0, 0.1) is 5.92 Å². The molecule has 0 spiro atoms. The second-order valence-electron chi connectivity index (χ2n) is 5.04. The number of aromatic nitrogens is 3. The Balaban J connectivity index is 1.69. The van der Waals surface area contributed by atoms with E-state index in [4.69, 9.17) is 0 Å². The maximum atomic E-state index is 4.49. The molecule has 1 fully saturated rings. The van der Waals surface area contributed by atoms with Crippen LogP contribution < -0.4 is 5.32 Å². The Morgan fingerprint density at radius 3 is 3.00 bits per heavy atom. The minimum Gasteiger partial charge on any atom is -0.310 e. The van der Waals surface area contributed by atoms with Crippen molar-refractivity contribution in [1.82, 2.24) is 20.1 Å². The molecule has 0 bridgehead atoms. The first-order valence-electron chi connectivity index (χ1n) is 6.97. The third-order valence-corrected chi connectivity index (χ3v) is 3.54. The van der Waals surface area contributed by atoms with Crippen LogP contribution in [0.1, 0.15) is 51.3 Å². The van der Waals surface area contributed by atoms with E-state index in [-0.39, 0.29) is 0 Å². The van der Waals surface area contributed by atoms with Crippen LogP contribution in [0.5, 0.6) is 0 Å². The summed E-state index contributed by atoms with van der Waals surface area (Å²) in [4.78, 5) is 4.32. The highest BCUT2D eigenvalue weighted by Gasteiger charge is 2.14. The Hall–Kier alpha value is -0.900. The minimum atomic E-state index is 0.796. The van der Waals surface area contributed by atoms with Gasteiger partial charge in [0.1, 0.15) is 6.33 Å². The Labute approximate surface area is 104 Å². The van der Waals surface area contributed by atoms with Crippen LogP contribution in [0.2, 0.25) is 0 Å². The molecule has 1 aliphatic rings. The fraction of sp³-hybridized carbons (Fsp3) is 0.846. The number of nitrogens with one attached hydrogen (secondary N) is 1. The maximum absolute atomic E-state index is 4.49. The van der Waals surface area contributed by atoms with Crippen LogP contribution >= 0.6 is 0 Å². The number of rotatable bonds is 7. The summed E-state index contributed by atoms with van der Waals surface area (Å²) in [5.74, 6) is 1.85. The van der Waals surface area contributed by atoms with Gasteiger partial charge in [-0.3, -0.25) is 4.68 Å². The van der Waals surface area contributed by atoms with Gasteiger partial charge >= 0.3 is 0 Å². The first kappa shape index (κ1) is 12.6. The molecule has 17 heavy (non-hydrogen) atoms. The molecule has 4 nitrogen and oxygen atoms in total. The van der Waals surface area contributed by atoms with E-state index in [1.54, 1.807) is 0 Å². The predicted molar refractivity (Wildman–Crippen MR) is 68.6 cm³/mol. The van der Waals surface area contributed by atoms with Crippen molar-refractivity contribution in [1.29, 1.82) is 0 Å². The second kappa shape index (κ2) is 6.74. The zero-order chi connectivity index (χ0) is 11.9. The summed E-state index contributed by atoms with van der Waals surface area (Å²) in [5.41, 5.74) is 0. The molecule has 0 radical (unpaired) electrons. The zero-order valence-electron chi connectivity index (χ0n) is 10.9. The molecule has 0 amide bonds. The van der Waals surface area contributed by atoms with Crippen LogP contribution in [0.15, 0.2) is 6.33 Å². The summed E-state index contributed by atoms with van der Waals surface area (Å²) in [6.45, 7) is 5.03. The number of nitrogens with zero attached hydrogens (tertiary/aromatic N) is 3. The molecule has 0 aliphatic heterocycles.